The highest BCUT2D eigenvalue weighted by atomic mass is 16.5. The average molecular weight is 341 g/mol. The lowest BCUT2D eigenvalue weighted by Crippen LogP contribution is -2.68. The van der Waals surface area contributed by atoms with Crippen molar-refractivity contribution >= 4 is 17.5 Å². The van der Waals surface area contributed by atoms with Crippen molar-refractivity contribution in [1.82, 2.24) is 10.1 Å². The highest BCUT2D eigenvalue weighted by Gasteiger charge is 2.50. The number of amides is 2. The summed E-state index contributed by atoms with van der Waals surface area (Å²) >= 11 is 0. The van der Waals surface area contributed by atoms with Gasteiger partial charge in [-0.3, -0.25) is 9.59 Å². The second-order valence-corrected chi connectivity index (χ2v) is 6.60. The summed E-state index contributed by atoms with van der Waals surface area (Å²) in [5.41, 5.74) is 0.616. The smallest absolute Gasteiger partial charge is 0.276 e. The third-order valence-electron chi connectivity index (χ3n) is 5.06. The molecular weight excluding hydrogens is 322 g/mol. The van der Waals surface area contributed by atoms with Gasteiger partial charge in [-0.15, -0.1) is 0 Å². The van der Waals surface area contributed by atoms with Crippen LogP contribution >= 0.6 is 0 Å². The van der Waals surface area contributed by atoms with E-state index in [1.807, 2.05) is 37.3 Å². The first-order chi connectivity index (χ1) is 12.1. The fourth-order valence-corrected chi connectivity index (χ4v) is 3.59. The van der Waals surface area contributed by atoms with Crippen molar-refractivity contribution in [3.8, 4) is 0 Å². The van der Waals surface area contributed by atoms with E-state index >= 15 is 0 Å². The van der Waals surface area contributed by atoms with Crippen LogP contribution in [0.1, 0.15) is 23.8 Å². The van der Waals surface area contributed by atoms with Gasteiger partial charge in [0.05, 0.1) is 11.6 Å². The largest absolute Gasteiger partial charge is 0.364 e. The van der Waals surface area contributed by atoms with Gasteiger partial charge in [0.15, 0.2) is 5.69 Å². The molecule has 3 heterocycles. The van der Waals surface area contributed by atoms with E-state index in [1.165, 1.54) is 6.26 Å². The van der Waals surface area contributed by atoms with E-state index < -0.39 is 5.60 Å². The fourth-order valence-electron chi connectivity index (χ4n) is 3.59. The molecule has 0 unspecified atom stereocenters. The molecule has 4 rings (SSSR count). The number of fused-ring (bicyclic) bond motifs is 1. The molecule has 0 spiro atoms. The molecule has 2 saturated heterocycles. The second-order valence-electron chi connectivity index (χ2n) is 6.60. The lowest BCUT2D eigenvalue weighted by molar-refractivity contribution is -0.149. The summed E-state index contributed by atoms with van der Waals surface area (Å²) in [4.78, 5) is 28.7. The molecule has 25 heavy (non-hydrogen) atoms. The summed E-state index contributed by atoms with van der Waals surface area (Å²) < 4.78 is 10.7. The van der Waals surface area contributed by atoms with Crippen LogP contribution in [0, 0.1) is 0 Å². The molecule has 2 aliphatic heterocycles. The first-order valence-corrected chi connectivity index (χ1v) is 8.29. The Kier molecular flexibility index (Phi) is 3.80. The number of ether oxygens (including phenoxy) is 1. The SMILES string of the molecule is C[C@@]12CCN(C(=O)c3ccon3)C[C@H]1N(c1ccccc1)C(=O)CO2. The van der Waals surface area contributed by atoms with E-state index in [-0.39, 0.29) is 30.2 Å². The Morgan fingerprint density at radius 1 is 1.28 bits per heavy atom. The number of morpholine rings is 1. The van der Waals surface area contributed by atoms with Crippen LogP contribution in [0.15, 0.2) is 47.2 Å². The Balaban J connectivity index is 1.65. The van der Waals surface area contributed by atoms with Crippen molar-refractivity contribution in [2.45, 2.75) is 25.0 Å². The molecule has 2 aliphatic rings. The molecule has 0 aliphatic carbocycles. The molecule has 7 nitrogen and oxygen atoms in total. The third-order valence-corrected chi connectivity index (χ3v) is 5.06. The lowest BCUT2D eigenvalue weighted by Gasteiger charge is -2.52. The van der Waals surface area contributed by atoms with Crippen molar-refractivity contribution in [2.75, 3.05) is 24.6 Å². The van der Waals surface area contributed by atoms with Crippen molar-refractivity contribution in [2.24, 2.45) is 0 Å². The molecule has 0 bridgehead atoms. The van der Waals surface area contributed by atoms with Gasteiger partial charge in [0.2, 0.25) is 0 Å². The zero-order valence-corrected chi connectivity index (χ0v) is 13.9. The van der Waals surface area contributed by atoms with Crippen molar-refractivity contribution in [1.29, 1.82) is 0 Å². The van der Waals surface area contributed by atoms with E-state index in [1.54, 1.807) is 15.9 Å². The number of hydrogen-bond donors (Lipinski definition) is 0. The van der Waals surface area contributed by atoms with Crippen LogP contribution in [-0.4, -0.2) is 53.2 Å². The van der Waals surface area contributed by atoms with Gasteiger partial charge < -0.3 is 19.1 Å². The van der Waals surface area contributed by atoms with Gasteiger partial charge in [-0.2, -0.15) is 0 Å². The number of carbonyl (C=O) groups is 2. The minimum atomic E-state index is -0.482. The zero-order valence-electron chi connectivity index (χ0n) is 13.9. The highest BCUT2D eigenvalue weighted by molar-refractivity contribution is 5.96. The summed E-state index contributed by atoms with van der Waals surface area (Å²) in [6.45, 7) is 3.01. The van der Waals surface area contributed by atoms with Crippen molar-refractivity contribution < 1.29 is 18.8 Å². The average Bonchev–Trinajstić information content (AvgIpc) is 3.17. The highest BCUT2D eigenvalue weighted by Crippen LogP contribution is 2.36. The van der Waals surface area contributed by atoms with Crippen molar-refractivity contribution in [3.05, 3.63) is 48.4 Å². The number of aromatic nitrogens is 1. The van der Waals surface area contributed by atoms with Gasteiger partial charge in [-0.05, 0) is 25.5 Å². The minimum absolute atomic E-state index is 0.0547. The Bertz CT molecular complexity index is 777. The maximum atomic E-state index is 12.6. The normalized spacial score (nSPS) is 26.4. The maximum Gasteiger partial charge on any atom is 0.276 e. The van der Waals surface area contributed by atoms with E-state index in [2.05, 4.69) is 5.16 Å². The molecule has 0 N–H and O–H groups in total. The summed E-state index contributed by atoms with van der Waals surface area (Å²) in [5.74, 6) is -0.286. The van der Waals surface area contributed by atoms with E-state index in [0.717, 1.165) is 5.69 Å². The number of likely N-dealkylation sites (tertiary alicyclic amines) is 1. The molecule has 7 heteroatoms. The van der Waals surface area contributed by atoms with Crippen LogP contribution in [0.3, 0.4) is 0 Å². The van der Waals surface area contributed by atoms with E-state index in [9.17, 15) is 9.59 Å². The third kappa shape index (κ3) is 2.70. The predicted molar refractivity (Wildman–Crippen MR) is 89.1 cm³/mol. The number of hydrogen-bond acceptors (Lipinski definition) is 5. The molecule has 2 fully saturated rings. The van der Waals surface area contributed by atoms with Crippen LogP contribution in [0.2, 0.25) is 0 Å². The predicted octanol–water partition coefficient (Wildman–Crippen LogP) is 1.71. The van der Waals surface area contributed by atoms with E-state index in [0.29, 0.717) is 19.5 Å². The number of rotatable bonds is 2. The van der Waals surface area contributed by atoms with Crippen LogP contribution in [0.25, 0.3) is 0 Å². The first kappa shape index (κ1) is 15.8. The zero-order chi connectivity index (χ0) is 17.4. The van der Waals surface area contributed by atoms with Gasteiger partial charge in [0.25, 0.3) is 11.8 Å². The van der Waals surface area contributed by atoms with Gasteiger partial charge >= 0.3 is 0 Å². The van der Waals surface area contributed by atoms with Crippen LogP contribution in [0.5, 0.6) is 0 Å². The molecule has 130 valence electrons. The summed E-state index contributed by atoms with van der Waals surface area (Å²) in [6, 6.07) is 10.8. The summed E-state index contributed by atoms with van der Waals surface area (Å²) in [5, 5.41) is 3.73. The quantitative estimate of drug-likeness (QED) is 0.831. The molecule has 1 aromatic carbocycles. The topological polar surface area (TPSA) is 75.9 Å². The molecule has 2 amide bonds. The molecule has 2 aromatic rings. The molecule has 0 saturated carbocycles. The van der Waals surface area contributed by atoms with Crippen LogP contribution < -0.4 is 4.90 Å². The fraction of sp³-hybridized carbons (Fsp3) is 0.389. The number of anilines is 1. The van der Waals surface area contributed by atoms with E-state index in [4.69, 9.17) is 9.26 Å². The van der Waals surface area contributed by atoms with Gasteiger partial charge in [-0.25, -0.2) is 0 Å². The molecular formula is C18H19N3O4. The number of carbonyl (C=O) groups excluding carboxylic acids is 2. The van der Waals surface area contributed by atoms with Gasteiger partial charge in [0, 0.05) is 24.8 Å². The van der Waals surface area contributed by atoms with Crippen LogP contribution in [0.4, 0.5) is 5.69 Å². The number of benzene rings is 1. The summed E-state index contributed by atoms with van der Waals surface area (Å²) in [7, 11) is 0. The maximum absolute atomic E-state index is 12.6. The van der Waals surface area contributed by atoms with Gasteiger partial charge in [0.1, 0.15) is 12.9 Å². The molecule has 2 atom stereocenters. The Hall–Kier alpha value is -2.67. The van der Waals surface area contributed by atoms with Gasteiger partial charge in [-0.1, -0.05) is 23.4 Å². The number of nitrogens with zero attached hydrogens (tertiary/aromatic N) is 3. The monoisotopic (exact) mass is 341 g/mol. The lowest BCUT2D eigenvalue weighted by atomic mass is 9.85. The van der Waals surface area contributed by atoms with Crippen molar-refractivity contribution in [3.63, 3.8) is 0 Å². The first-order valence-electron chi connectivity index (χ1n) is 8.29. The van der Waals surface area contributed by atoms with Crippen LogP contribution in [-0.2, 0) is 9.53 Å². The molecule has 1 aromatic heterocycles. The Morgan fingerprint density at radius 3 is 2.80 bits per heavy atom. The minimum Gasteiger partial charge on any atom is -0.364 e. The Labute approximate surface area is 145 Å². The standard InChI is InChI=1S/C18H19N3O4/c1-18-8-9-20(17(23)14-7-10-25-19-14)11-15(18)21(16(22)12-24-18)13-5-3-2-4-6-13/h2-7,10,15H,8-9,11-12H2,1H3/t15-,18-/m1/s1. The Morgan fingerprint density at radius 2 is 2.08 bits per heavy atom. The molecule has 0 radical (unpaired) electrons. The summed E-state index contributed by atoms with van der Waals surface area (Å²) in [6.07, 6.45) is 2.03. The number of piperidine rings is 1. The second kappa shape index (κ2) is 6.00. The number of para-hydroxylation sites is 1.